The lowest BCUT2D eigenvalue weighted by atomic mass is 10.1. The summed E-state index contributed by atoms with van der Waals surface area (Å²) in [5.41, 5.74) is 0.820. The molecule has 1 aromatic heterocycles. The first-order valence-electron chi connectivity index (χ1n) is 5.85. The van der Waals surface area contributed by atoms with Gasteiger partial charge in [0.2, 0.25) is 5.89 Å². The first-order chi connectivity index (χ1) is 9.60. The molecule has 0 N–H and O–H groups in total. The third kappa shape index (κ3) is 3.54. The number of hydrogen-bond donors (Lipinski definition) is 0. The Kier molecular flexibility index (Phi) is 4.68. The lowest BCUT2D eigenvalue weighted by molar-refractivity contribution is -0.137. The fourth-order valence-electron chi connectivity index (χ4n) is 1.64. The number of aromatic nitrogens is 1. The number of carbonyl (C=O) groups is 1. The van der Waals surface area contributed by atoms with E-state index in [4.69, 9.17) is 9.15 Å². The van der Waals surface area contributed by atoms with Crippen molar-refractivity contribution in [1.29, 1.82) is 0 Å². The first-order valence-corrected chi connectivity index (χ1v) is 6.64. The van der Waals surface area contributed by atoms with Gasteiger partial charge >= 0.3 is 5.97 Å². The Morgan fingerprint density at radius 3 is 2.90 bits per heavy atom. The van der Waals surface area contributed by atoms with Gasteiger partial charge in [-0.15, -0.1) is 0 Å². The molecule has 0 fully saturated rings. The average Bonchev–Trinajstić information content (AvgIpc) is 2.88. The molecule has 0 atom stereocenters. The fraction of sp³-hybridized carbons (Fsp3) is 0.143. The predicted octanol–water partition coefficient (Wildman–Crippen LogP) is 3.57. The van der Waals surface area contributed by atoms with Crippen LogP contribution in [0.5, 0.6) is 0 Å². The van der Waals surface area contributed by atoms with Crippen LogP contribution in [0.2, 0.25) is 0 Å². The van der Waals surface area contributed by atoms with Crippen molar-refractivity contribution in [3.63, 3.8) is 0 Å². The molecule has 1 aromatic carbocycles. The summed E-state index contributed by atoms with van der Waals surface area (Å²) in [5, 5.41) is 0. The zero-order valence-electron chi connectivity index (χ0n) is 10.6. The highest BCUT2D eigenvalue weighted by atomic mass is 79.9. The Balaban J connectivity index is 2.49. The quantitative estimate of drug-likeness (QED) is 0.631. The normalized spacial score (nSPS) is 11.4. The molecule has 0 bridgehead atoms. The second kappa shape index (κ2) is 6.47. The Labute approximate surface area is 123 Å². The molecule has 2 aromatic rings. The molecule has 104 valence electrons. The molecular weight excluding hydrogens is 329 g/mol. The molecule has 20 heavy (non-hydrogen) atoms. The van der Waals surface area contributed by atoms with Crippen molar-refractivity contribution in [1.82, 2.24) is 4.98 Å². The van der Waals surface area contributed by atoms with Crippen LogP contribution in [0.1, 0.15) is 18.4 Å². The van der Waals surface area contributed by atoms with E-state index >= 15 is 0 Å². The molecule has 0 unspecified atom stereocenters. The van der Waals surface area contributed by atoms with Gasteiger partial charge in [-0.25, -0.2) is 14.2 Å². The summed E-state index contributed by atoms with van der Waals surface area (Å²) in [4.78, 5) is 15.6. The highest BCUT2D eigenvalue weighted by Crippen LogP contribution is 2.26. The topological polar surface area (TPSA) is 52.3 Å². The zero-order chi connectivity index (χ0) is 14.5. The number of halogens is 2. The minimum absolute atomic E-state index is 0.218. The van der Waals surface area contributed by atoms with Crippen molar-refractivity contribution < 1.29 is 18.3 Å². The van der Waals surface area contributed by atoms with E-state index in [1.165, 1.54) is 30.7 Å². The summed E-state index contributed by atoms with van der Waals surface area (Å²) in [6, 6.07) is 4.28. The number of hydrogen-bond acceptors (Lipinski definition) is 4. The van der Waals surface area contributed by atoms with Crippen LogP contribution in [-0.2, 0) is 9.53 Å². The third-order valence-corrected chi connectivity index (χ3v) is 2.84. The van der Waals surface area contributed by atoms with Gasteiger partial charge in [0, 0.05) is 10.5 Å². The summed E-state index contributed by atoms with van der Waals surface area (Å²) in [6.07, 6.45) is 4.06. The molecule has 0 aliphatic carbocycles. The number of benzene rings is 1. The van der Waals surface area contributed by atoms with Crippen LogP contribution >= 0.6 is 15.9 Å². The average molecular weight is 340 g/mol. The number of ether oxygens (including phenoxy) is 1. The minimum atomic E-state index is -0.541. The van der Waals surface area contributed by atoms with E-state index in [0.717, 1.165) is 0 Å². The van der Waals surface area contributed by atoms with Crippen molar-refractivity contribution in [2.24, 2.45) is 0 Å². The Hall–Kier alpha value is -1.95. The van der Waals surface area contributed by atoms with E-state index in [0.29, 0.717) is 15.6 Å². The third-order valence-electron chi connectivity index (χ3n) is 2.39. The molecule has 0 saturated carbocycles. The maximum absolute atomic E-state index is 13.5. The van der Waals surface area contributed by atoms with Gasteiger partial charge in [0.1, 0.15) is 12.1 Å². The van der Waals surface area contributed by atoms with Crippen LogP contribution in [-0.4, -0.2) is 17.6 Å². The number of rotatable bonds is 4. The predicted molar refractivity (Wildman–Crippen MR) is 74.3 cm³/mol. The molecule has 1 heterocycles. The van der Waals surface area contributed by atoms with E-state index in [-0.39, 0.29) is 12.5 Å². The molecule has 0 radical (unpaired) electrons. The van der Waals surface area contributed by atoms with Crippen LogP contribution < -0.4 is 0 Å². The highest BCUT2D eigenvalue weighted by Gasteiger charge is 2.14. The van der Waals surface area contributed by atoms with Gasteiger partial charge in [-0.1, -0.05) is 15.9 Å². The molecule has 0 aliphatic rings. The molecule has 0 spiro atoms. The van der Waals surface area contributed by atoms with Gasteiger partial charge < -0.3 is 9.15 Å². The monoisotopic (exact) mass is 339 g/mol. The lowest BCUT2D eigenvalue weighted by Gasteiger charge is -2.05. The van der Waals surface area contributed by atoms with E-state index in [2.05, 4.69) is 20.9 Å². The van der Waals surface area contributed by atoms with Crippen molar-refractivity contribution in [2.75, 3.05) is 6.61 Å². The fourth-order valence-corrected chi connectivity index (χ4v) is 2.10. The van der Waals surface area contributed by atoms with Gasteiger partial charge in [0.15, 0.2) is 0 Å². The first kappa shape index (κ1) is 14.5. The van der Waals surface area contributed by atoms with Crippen LogP contribution in [0.25, 0.3) is 5.57 Å². The Morgan fingerprint density at radius 2 is 2.30 bits per heavy atom. The smallest absolute Gasteiger partial charge is 0.331 e. The molecule has 0 saturated heterocycles. The van der Waals surface area contributed by atoms with E-state index in [1.807, 2.05) is 0 Å². The summed E-state index contributed by atoms with van der Waals surface area (Å²) < 4.78 is 24.1. The van der Waals surface area contributed by atoms with Crippen LogP contribution in [0.4, 0.5) is 4.39 Å². The molecule has 0 aliphatic heterocycles. The summed E-state index contributed by atoms with van der Waals surface area (Å²) in [5.74, 6) is -0.757. The van der Waals surface area contributed by atoms with Gasteiger partial charge in [0.05, 0.1) is 18.4 Å². The highest BCUT2D eigenvalue weighted by molar-refractivity contribution is 9.10. The van der Waals surface area contributed by atoms with Gasteiger partial charge in [-0.3, -0.25) is 0 Å². The zero-order valence-corrected chi connectivity index (χ0v) is 12.2. The van der Waals surface area contributed by atoms with E-state index < -0.39 is 11.8 Å². The number of oxazole rings is 1. The van der Waals surface area contributed by atoms with Crippen molar-refractivity contribution in [3.8, 4) is 0 Å². The van der Waals surface area contributed by atoms with Gasteiger partial charge in [0.25, 0.3) is 0 Å². The molecule has 4 nitrogen and oxygen atoms in total. The second-order valence-electron chi connectivity index (χ2n) is 3.81. The largest absolute Gasteiger partial charge is 0.463 e. The minimum Gasteiger partial charge on any atom is -0.463 e. The van der Waals surface area contributed by atoms with Crippen molar-refractivity contribution in [3.05, 3.63) is 58.5 Å². The van der Waals surface area contributed by atoms with Gasteiger partial charge in [-0.2, -0.15) is 0 Å². The molecular formula is C14H11BrFNO3. The van der Waals surface area contributed by atoms with E-state index in [1.54, 1.807) is 13.0 Å². The summed E-state index contributed by atoms with van der Waals surface area (Å²) in [7, 11) is 0. The molecule has 2 rings (SSSR count). The maximum Gasteiger partial charge on any atom is 0.331 e. The number of nitrogens with zero attached hydrogens (tertiary/aromatic N) is 1. The molecule has 6 heteroatoms. The number of esters is 1. The van der Waals surface area contributed by atoms with E-state index in [9.17, 15) is 9.18 Å². The van der Waals surface area contributed by atoms with Crippen molar-refractivity contribution in [2.45, 2.75) is 6.92 Å². The molecule has 0 amide bonds. The number of carbonyl (C=O) groups excluding carboxylic acids is 1. The van der Waals surface area contributed by atoms with Gasteiger partial charge in [-0.05, 0) is 30.7 Å². The standard InChI is InChI=1S/C14H11BrFNO3/c1-2-19-13(18)8-12(14-17-3-4-20-14)9-5-10(15)7-11(16)6-9/h3-8H,2H2,1H3. The SMILES string of the molecule is CCOC(=O)C=C(c1cc(F)cc(Br)c1)c1ncco1. The lowest BCUT2D eigenvalue weighted by Crippen LogP contribution is -2.02. The maximum atomic E-state index is 13.5. The van der Waals surface area contributed by atoms with Crippen LogP contribution in [0.3, 0.4) is 0 Å². The van der Waals surface area contributed by atoms with Crippen LogP contribution in [0, 0.1) is 5.82 Å². The summed E-state index contributed by atoms with van der Waals surface area (Å²) in [6.45, 7) is 1.95. The Bertz CT molecular complexity index is 618. The summed E-state index contributed by atoms with van der Waals surface area (Å²) >= 11 is 3.21. The van der Waals surface area contributed by atoms with Crippen LogP contribution in [0.15, 0.2) is 45.6 Å². The van der Waals surface area contributed by atoms with Crippen molar-refractivity contribution >= 4 is 27.5 Å². The second-order valence-corrected chi connectivity index (χ2v) is 4.72. The Morgan fingerprint density at radius 1 is 1.50 bits per heavy atom.